The molecule has 7 nitrogen and oxygen atoms in total. The van der Waals surface area contributed by atoms with Gasteiger partial charge in [-0.15, -0.1) is 0 Å². The largest absolute Gasteiger partial charge is 0.506 e. The van der Waals surface area contributed by atoms with Gasteiger partial charge in [-0.2, -0.15) is 4.98 Å². The lowest BCUT2D eigenvalue weighted by Gasteiger charge is -2.03. The molecule has 0 atom stereocenters. The van der Waals surface area contributed by atoms with Gasteiger partial charge in [0.1, 0.15) is 5.75 Å². The van der Waals surface area contributed by atoms with Crippen LogP contribution in [-0.4, -0.2) is 32.7 Å². The summed E-state index contributed by atoms with van der Waals surface area (Å²) in [4.78, 5) is 19.1. The molecule has 2 aromatic rings. The highest BCUT2D eigenvalue weighted by molar-refractivity contribution is 5.94. The highest BCUT2D eigenvalue weighted by Crippen LogP contribution is 2.07. The third-order valence-electron chi connectivity index (χ3n) is 2.03. The first kappa shape index (κ1) is 11.1. The molecular weight excluding hydrogens is 224 g/mol. The lowest BCUT2D eigenvalue weighted by Crippen LogP contribution is -2.26. The average Bonchev–Trinajstić information content (AvgIpc) is 2.82. The zero-order valence-corrected chi connectivity index (χ0v) is 8.83. The maximum atomic E-state index is 11.6. The van der Waals surface area contributed by atoms with Crippen LogP contribution in [0.25, 0.3) is 0 Å². The van der Waals surface area contributed by atoms with Crippen LogP contribution < -0.4 is 5.32 Å². The number of amides is 1. The quantitative estimate of drug-likeness (QED) is 0.780. The van der Waals surface area contributed by atoms with Crippen LogP contribution >= 0.6 is 0 Å². The van der Waals surface area contributed by atoms with Gasteiger partial charge in [0.05, 0.1) is 11.8 Å². The van der Waals surface area contributed by atoms with Crippen molar-refractivity contribution in [2.45, 2.75) is 6.42 Å². The monoisotopic (exact) mass is 234 g/mol. The van der Waals surface area contributed by atoms with Crippen molar-refractivity contribution in [3.8, 4) is 5.75 Å². The van der Waals surface area contributed by atoms with Gasteiger partial charge in [-0.3, -0.25) is 9.78 Å². The zero-order valence-electron chi connectivity index (χ0n) is 8.83. The first-order chi connectivity index (χ1) is 8.25. The lowest BCUT2D eigenvalue weighted by atomic mass is 10.2. The van der Waals surface area contributed by atoms with Gasteiger partial charge >= 0.3 is 0 Å². The number of pyridine rings is 1. The third-order valence-corrected chi connectivity index (χ3v) is 2.03. The number of aromatic nitrogens is 3. The van der Waals surface area contributed by atoms with Gasteiger partial charge in [-0.1, -0.05) is 5.16 Å². The first-order valence-electron chi connectivity index (χ1n) is 4.93. The zero-order chi connectivity index (χ0) is 12.1. The van der Waals surface area contributed by atoms with E-state index < -0.39 is 0 Å². The SMILES string of the molecule is O=C(NCCc1ncon1)c1cncc(O)c1. The molecule has 0 saturated heterocycles. The summed E-state index contributed by atoms with van der Waals surface area (Å²) in [5.74, 6) is 0.173. The highest BCUT2D eigenvalue weighted by atomic mass is 16.5. The molecular formula is C10H10N4O3. The van der Waals surface area contributed by atoms with E-state index in [1.54, 1.807) is 0 Å². The van der Waals surface area contributed by atoms with Crippen LogP contribution in [0.15, 0.2) is 29.4 Å². The van der Waals surface area contributed by atoms with E-state index in [0.717, 1.165) is 0 Å². The van der Waals surface area contributed by atoms with E-state index in [2.05, 4.69) is 25.0 Å². The molecule has 0 radical (unpaired) electrons. The molecule has 0 aromatic carbocycles. The number of hydrogen-bond acceptors (Lipinski definition) is 6. The number of rotatable bonds is 4. The van der Waals surface area contributed by atoms with Gasteiger partial charge in [0, 0.05) is 19.2 Å². The second-order valence-electron chi connectivity index (χ2n) is 3.29. The molecule has 0 fully saturated rings. The Morgan fingerprint density at radius 3 is 3.06 bits per heavy atom. The van der Waals surface area contributed by atoms with Crippen LogP contribution in [0.1, 0.15) is 16.2 Å². The lowest BCUT2D eigenvalue weighted by molar-refractivity contribution is 0.0953. The number of aromatic hydroxyl groups is 1. The molecule has 2 N–H and O–H groups in total. The molecule has 88 valence electrons. The van der Waals surface area contributed by atoms with Crippen molar-refractivity contribution in [3.63, 3.8) is 0 Å². The summed E-state index contributed by atoms with van der Waals surface area (Å²) in [6.07, 6.45) is 4.35. The van der Waals surface area contributed by atoms with Crippen molar-refractivity contribution < 1.29 is 14.4 Å². The van der Waals surface area contributed by atoms with Crippen LogP contribution in [0.4, 0.5) is 0 Å². The summed E-state index contributed by atoms with van der Waals surface area (Å²) in [5, 5.41) is 15.4. The second-order valence-corrected chi connectivity index (χ2v) is 3.29. The summed E-state index contributed by atoms with van der Waals surface area (Å²) < 4.78 is 4.56. The number of hydrogen-bond donors (Lipinski definition) is 2. The maximum absolute atomic E-state index is 11.6. The maximum Gasteiger partial charge on any atom is 0.252 e. The Labute approximate surface area is 96.5 Å². The van der Waals surface area contributed by atoms with Gasteiger partial charge in [-0.05, 0) is 6.07 Å². The molecule has 7 heteroatoms. The van der Waals surface area contributed by atoms with Gasteiger partial charge in [0.15, 0.2) is 5.82 Å². The second kappa shape index (κ2) is 5.06. The predicted octanol–water partition coefficient (Wildman–Crippen LogP) is 0.143. The Morgan fingerprint density at radius 2 is 2.35 bits per heavy atom. The predicted molar refractivity (Wildman–Crippen MR) is 56.2 cm³/mol. The fourth-order valence-electron chi connectivity index (χ4n) is 1.24. The van der Waals surface area contributed by atoms with E-state index in [1.807, 2.05) is 0 Å². The molecule has 1 amide bonds. The van der Waals surface area contributed by atoms with Crippen molar-refractivity contribution in [2.24, 2.45) is 0 Å². The van der Waals surface area contributed by atoms with Gasteiger partial charge in [0.2, 0.25) is 6.39 Å². The van der Waals surface area contributed by atoms with E-state index in [4.69, 9.17) is 5.11 Å². The fourth-order valence-corrected chi connectivity index (χ4v) is 1.24. The molecule has 0 aliphatic heterocycles. The van der Waals surface area contributed by atoms with Gasteiger partial charge < -0.3 is 14.9 Å². The third kappa shape index (κ3) is 3.00. The minimum absolute atomic E-state index is 0.0455. The summed E-state index contributed by atoms with van der Waals surface area (Å²) in [6.45, 7) is 0.383. The van der Waals surface area contributed by atoms with E-state index in [0.29, 0.717) is 24.4 Å². The highest BCUT2D eigenvalue weighted by Gasteiger charge is 2.06. The molecule has 0 saturated carbocycles. The molecule has 2 aromatic heterocycles. The Kier molecular flexibility index (Phi) is 3.29. The molecule has 0 bridgehead atoms. The standard InChI is InChI=1S/C10H10N4O3/c15-8-3-7(4-11-5-8)10(16)12-2-1-9-13-6-17-14-9/h3-6,15H,1-2H2,(H,12,16). The number of nitrogens with one attached hydrogen (secondary N) is 1. The first-order valence-corrected chi connectivity index (χ1v) is 4.93. The van der Waals surface area contributed by atoms with Crippen molar-refractivity contribution >= 4 is 5.91 Å². The fraction of sp³-hybridized carbons (Fsp3) is 0.200. The summed E-state index contributed by atoms with van der Waals surface area (Å²) >= 11 is 0. The molecule has 0 unspecified atom stereocenters. The summed E-state index contributed by atoms with van der Waals surface area (Å²) in [6, 6.07) is 1.34. The van der Waals surface area contributed by atoms with E-state index >= 15 is 0 Å². The van der Waals surface area contributed by atoms with Crippen molar-refractivity contribution in [3.05, 3.63) is 36.2 Å². The average molecular weight is 234 g/mol. The van der Waals surface area contributed by atoms with Crippen LogP contribution in [0, 0.1) is 0 Å². The van der Waals surface area contributed by atoms with Crippen molar-refractivity contribution in [2.75, 3.05) is 6.54 Å². The summed E-state index contributed by atoms with van der Waals surface area (Å²) in [5.41, 5.74) is 0.304. The number of nitrogens with zero attached hydrogens (tertiary/aromatic N) is 3. The van der Waals surface area contributed by atoms with Crippen LogP contribution in [0.2, 0.25) is 0 Å². The molecule has 0 aliphatic rings. The van der Waals surface area contributed by atoms with Crippen LogP contribution in [0.3, 0.4) is 0 Å². The Hall–Kier alpha value is -2.44. The van der Waals surface area contributed by atoms with Crippen LogP contribution in [-0.2, 0) is 6.42 Å². The molecule has 0 spiro atoms. The smallest absolute Gasteiger partial charge is 0.252 e. The van der Waals surface area contributed by atoms with Gasteiger partial charge in [0.25, 0.3) is 5.91 Å². The molecule has 2 heterocycles. The van der Waals surface area contributed by atoms with Crippen molar-refractivity contribution in [1.82, 2.24) is 20.4 Å². The van der Waals surface area contributed by atoms with Crippen molar-refractivity contribution in [1.29, 1.82) is 0 Å². The Balaban J connectivity index is 1.85. The van der Waals surface area contributed by atoms with E-state index in [1.165, 1.54) is 24.9 Å². The van der Waals surface area contributed by atoms with Gasteiger partial charge in [-0.25, -0.2) is 0 Å². The number of carbonyl (C=O) groups excluding carboxylic acids is 1. The topological polar surface area (TPSA) is 101 Å². The van der Waals surface area contributed by atoms with E-state index in [9.17, 15) is 4.79 Å². The van der Waals surface area contributed by atoms with Crippen LogP contribution in [0.5, 0.6) is 5.75 Å². The molecule has 17 heavy (non-hydrogen) atoms. The summed E-state index contributed by atoms with van der Waals surface area (Å²) in [7, 11) is 0. The molecule has 2 rings (SSSR count). The Bertz CT molecular complexity index is 498. The number of carbonyl (C=O) groups is 1. The molecule has 0 aliphatic carbocycles. The minimum Gasteiger partial charge on any atom is -0.506 e. The Morgan fingerprint density at radius 1 is 1.47 bits per heavy atom. The minimum atomic E-state index is -0.308. The van der Waals surface area contributed by atoms with E-state index in [-0.39, 0.29) is 11.7 Å². The normalized spacial score (nSPS) is 10.1.